The topological polar surface area (TPSA) is 61.4 Å². The summed E-state index contributed by atoms with van der Waals surface area (Å²) >= 11 is 0. The molecule has 1 amide bonds. The van der Waals surface area contributed by atoms with Crippen molar-refractivity contribution < 1.29 is 9.90 Å². The number of hydrogen-bond donors (Lipinski definition) is 3. The predicted molar refractivity (Wildman–Crippen MR) is 79.3 cm³/mol. The second-order valence-electron chi connectivity index (χ2n) is 5.78. The van der Waals surface area contributed by atoms with Gasteiger partial charge in [0.15, 0.2) is 0 Å². The molecule has 0 fully saturated rings. The Labute approximate surface area is 120 Å². The summed E-state index contributed by atoms with van der Waals surface area (Å²) in [7, 11) is 0. The molecule has 0 aromatic heterocycles. The fourth-order valence-electron chi connectivity index (χ4n) is 2.60. The van der Waals surface area contributed by atoms with E-state index in [1.165, 1.54) is 11.1 Å². The molecule has 1 aliphatic rings. The van der Waals surface area contributed by atoms with Crippen LogP contribution in [0.5, 0.6) is 0 Å². The van der Waals surface area contributed by atoms with Gasteiger partial charge in [-0.05, 0) is 37.3 Å². The molecule has 110 valence electrons. The van der Waals surface area contributed by atoms with Gasteiger partial charge < -0.3 is 15.7 Å². The largest absolute Gasteiger partial charge is 0.396 e. The maximum atomic E-state index is 12.4. The zero-order valence-corrected chi connectivity index (χ0v) is 12.3. The molecule has 0 radical (unpaired) electrons. The number of hydrogen-bond acceptors (Lipinski definition) is 3. The van der Waals surface area contributed by atoms with Crippen LogP contribution in [-0.2, 0) is 17.8 Å². The third kappa shape index (κ3) is 3.38. The van der Waals surface area contributed by atoms with Crippen LogP contribution in [0.25, 0.3) is 0 Å². The van der Waals surface area contributed by atoms with Gasteiger partial charge in [-0.2, -0.15) is 0 Å². The highest BCUT2D eigenvalue weighted by Crippen LogP contribution is 2.18. The molecule has 1 aliphatic heterocycles. The average Bonchev–Trinajstić information content (AvgIpc) is 2.47. The van der Waals surface area contributed by atoms with Crippen LogP contribution in [-0.4, -0.2) is 29.2 Å². The molecule has 20 heavy (non-hydrogen) atoms. The van der Waals surface area contributed by atoms with Crippen molar-refractivity contribution in [1.29, 1.82) is 0 Å². The second-order valence-corrected chi connectivity index (χ2v) is 5.78. The lowest BCUT2D eigenvalue weighted by atomic mass is 9.92. The number of benzene rings is 1. The van der Waals surface area contributed by atoms with Gasteiger partial charge >= 0.3 is 0 Å². The summed E-state index contributed by atoms with van der Waals surface area (Å²) in [6, 6.07) is 8.04. The number of amides is 1. The Bertz CT molecular complexity index is 475. The summed E-state index contributed by atoms with van der Waals surface area (Å²) in [5.74, 6) is 0.0253. The van der Waals surface area contributed by atoms with Gasteiger partial charge in [0.2, 0.25) is 5.91 Å². The molecule has 1 heterocycles. The Kier molecular flexibility index (Phi) is 4.78. The van der Waals surface area contributed by atoms with Crippen LogP contribution in [0.3, 0.4) is 0 Å². The van der Waals surface area contributed by atoms with Gasteiger partial charge in [0.05, 0.1) is 6.04 Å². The number of aliphatic hydroxyl groups is 1. The van der Waals surface area contributed by atoms with Crippen molar-refractivity contribution in [1.82, 2.24) is 10.6 Å². The maximum absolute atomic E-state index is 12.4. The fraction of sp³-hybridized carbons (Fsp3) is 0.562. The monoisotopic (exact) mass is 276 g/mol. The molecular weight excluding hydrogens is 252 g/mol. The number of carbonyl (C=O) groups excluding carboxylic acids is 1. The lowest BCUT2D eigenvalue weighted by Crippen LogP contribution is -2.55. The SMILES string of the molecule is CCC(C)(CCO)NC(=O)C1Cc2ccccc2CN1. The van der Waals surface area contributed by atoms with E-state index in [-0.39, 0.29) is 24.1 Å². The molecular formula is C16H24N2O2. The minimum Gasteiger partial charge on any atom is -0.396 e. The van der Waals surface area contributed by atoms with Gasteiger partial charge in [-0.1, -0.05) is 31.2 Å². The summed E-state index contributed by atoms with van der Waals surface area (Å²) in [6.07, 6.45) is 2.11. The van der Waals surface area contributed by atoms with Gasteiger partial charge in [0.25, 0.3) is 0 Å². The number of carbonyl (C=O) groups is 1. The molecule has 2 atom stereocenters. The summed E-state index contributed by atoms with van der Waals surface area (Å²) in [5.41, 5.74) is 2.18. The molecule has 1 aromatic carbocycles. The van der Waals surface area contributed by atoms with E-state index >= 15 is 0 Å². The molecule has 2 rings (SSSR count). The Morgan fingerprint density at radius 2 is 2.15 bits per heavy atom. The van der Waals surface area contributed by atoms with Crippen molar-refractivity contribution in [2.24, 2.45) is 0 Å². The van der Waals surface area contributed by atoms with Crippen molar-refractivity contribution >= 4 is 5.91 Å². The van der Waals surface area contributed by atoms with Gasteiger partial charge in [0, 0.05) is 18.7 Å². The molecule has 0 aliphatic carbocycles. The zero-order valence-electron chi connectivity index (χ0n) is 12.3. The van der Waals surface area contributed by atoms with E-state index in [9.17, 15) is 4.79 Å². The van der Waals surface area contributed by atoms with Crippen molar-refractivity contribution in [2.45, 2.75) is 51.2 Å². The first kappa shape index (κ1) is 15.0. The average molecular weight is 276 g/mol. The van der Waals surface area contributed by atoms with E-state index in [1.54, 1.807) is 0 Å². The van der Waals surface area contributed by atoms with Crippen LogP contribution in [0.15, 0.2) is 24.3 Å². The first-order valence-corrected chi connectivity index (χ1v) is 7.31. The van der Waals surface area contributed by atoms with Gasteiger partial charge in [0.1, 0.15) is 0 Å². The van der Waals surface area contributed by atoms with Crippen LogP contribution in [0.1, 0.15) is 37.8 Å². The van der Waals surface area contributed by atoms with Gasteiger partial charge in [-0.25, -0.2) is 0 Å². The Morgan fingerprint density at radius 1 is 1.45 bits per heavy atom. The van der Waals surface area contributed by atoms with Crippen LogP contribution in [0.2, 0.25) is 0 Å². The highest BCUT2D eigenvalue weighted by molar-refractivity contribution is 5.83. The zero-order chi connectivity index (χ0) is 14.6. The van der Waals surface area contributed by atoms with Crippen LogP contribution in [0, 0.1) is 0 Å². The first-order valence-electron chi connectivity index (χ1n) is 7.31. The van der Waals surface area contributed by atoms with E-state index in [1.807, 2.05) is 26.0 Å². The molecule has 0 bridgehead atoms. The summed E-state index contributed by atoms with van der Waals surface area (Å²) < 4.78 is 0. The van der Waals surface area contributed by atoms with Crippen LogP contribution < -0.4 is 10.6 Å². The van der Waals surface area contributed by atoms with Gasteiger partial charge in [-0.15, -0.1) is 0 Å². The summed E-state index contributed by atoms with van der Waals surface area (Å²) in [4.78, 5) is 12.4. The van der Waals surface area contributed by atoms with Crippen molar-refractivity contribution in [3.05, 3.63) is 35.4 Å². The van der Waals surface area contributed by atoms with Crippen LogP contribution >= 0.6 is 0 Å². The number of nitrogens with one attached hydrogen (secondary N) is 2. The maximum Gasteiger partial charge on any atom is 0.237 e. The highest BCUT2D eigenvalue weighted by atomic mass is 16.3. The molecule has 0 spiro atoms. The molecule has 3 N–H and O–H groups in total. The van der Waals surface area contributed by atoms with Gasteiger partial charge in [-0.3, -0.25) is 4.79 Å². The first-order chi connectivity index (χ1) is 9.58. The molecule has 4 heteroatoms. The smallest absolute Gasteiger partial charge is 0.237 e. The third-order valence-electron chi connectivity index (χ3n) is 4.27. The van der Waals surface area contributed by atoms with E-state index in [4.69, 9.17) is 5.11 Å². The fourth-order valence-corrected chi connectivity index (χ4v) is 2.60. The van der Waals surface area contributed by atoms with Crippen molar-refractivity contribution in [3.63, 3.8) is 0 Å². The third-order valence-corrected chi connectivity index (χ3v) is 4.27. The Balaban J connectivity index is 2.01. The minimum absolute atomic E-state index is 0.0253. The number of fused-ring (bicyclic) bond motifs is 1. The van der Waals surface area contributed by atoms with Crippen molar-refractivity contribution in [2.75, 3.05) is 6.61 Å². The van der Waals surface area contributed by atoms with E-state index in [0.29, 0.717) is 6.42 Å². The predicted octanol–water partition coefficient (Wildman–Crippen LogP) is 1.37. The standard InChI is InChI=1S/C16H24N2O2/c1-3-16(2,8-9-19)18-15(20)14-10-12-6-4-5-7-13(12)11-17-14/h4-7,14,17,19H,3,8-11H2,1-2H3,(H,18,20). The normalized spacial score (nSPS) is 20.9. The molecule has 2 unspecified atom stereocenters. The number of rotatable bonds is 5. The highest BCUT2D eigenvalue weighted by Gasteiger charge is 2.29. The summed E-state index contributed by atoms with van der Waals surface area (Å²) in [5, 5.41) is 15.5. The molecule has 1 aromatic rings. The lowest BCUT2D eigenvalue weighted by molar-refractivity contribution is -0.125. The Morgan fingerprint density at radius 3 is 2.80 bits per heavy atom. The number of aliphatic hydroxyl groups excluding tert-OH is 1. The summed E-state index contributed by atoms with van der Waals surface area (Å²) in [6.45, 7) is 4.83. The molecule has 0 saturated heterocycles. The molecule has 0 saturated carbocycles. The minimum atomic E-state index is -0.329. The van der Waals surface area contributed by atoms with Crippen LogP contribution in [0.4, 0.5) is 0 Å². The van der Waals surface area contributed by atoms with E-state index in [0.717, 1.165) is 19.4 Å². The van der Waals surface area contributed by atoms with Crippen molar-refractivity contribution in [3.8, 4) is 0 Å². The van der Waals surface area contributed by atoms with E-state index < -0.39 is 0 Å². The Hall–Kier alpha value is -1.39. The second kappa shape index (κ2) is 6.37. The van der Waals surface area contributed by atoms with E-state index in [2.05, 4.69) is 22.8 Å². The molecule has 4 nitrogen and oxygen atoms in total. The quantitative estimate of drug-likeness (QED) is 0.761. The lowest BCUT2D eigenvalue weighted by Gasteiger charge is -2.33.